The van der Waals surface area contributed by atoms with Gasteiger partial charge in [-0.3, -0.25) is 19.7 Å². The van der Waals surface area contributed by atoms with E-state index in [2.05, 4.69) is 10.3 Å². The van der Waals surface area contributed by atoms with E-state index >= 15 is 0 Å². The summed E-state index contributed by atoms with van der Waals surface area (Å²) >= 11 is 0.849. The van der Waals surface area contributed by atoms with Crippen LogP contribution in [0.4, 0.5) is 4.79 Å². The number of amides is 2. The van der Waals surface area contributed by atoms with E-state index in [-0.39, 0.29) is 17.2 Å². The van der Waals surface area contributed by atoms with E-state index < -0.39 is 11.1 Å². The SMILES string of the molecule is Cc1oc(-c2ccccc2)nc1C(=O)c1cc2cc(C=C3SC(=O)NC3=O)ccc2o1. The van der Waals surface area contributed by atoms with E-state index in [4.69, 9.17) is 8.83 Å². The fourth-order valence-electron chi connectivity index (χ4n) is 3.26. The third-order valence-corrected chi connectivity index (χ3v) is 5.55. The first kappa shape index (κ1) is 19.1. The molecular weight excluding hydrogens is 416 g/mol. The molecule has 1 saturated heterocycles. The molecule has 5 rings (SSSR count). The highest BCUT2D eigenvalue weighted by Crippen LogP contribution is 2.29. The highest BCUT2D eigenvalue weighted by atomic mass is 32.2. The summed E-state index contributed by atoms with van der Waals surface area (Å²) in [6.45, 7) is 1.69. The van der Waals surface area contributed by atoms with Gasteiger partial charge in [0.1, 0.15) is 11.3 Å². The van der Waals surface area contributed by atoms with Gasteiger partial charge >= 0.3 is 0 Å². The number of ketones is 1. The van der Waals surface area contributed by atoms with Crippen LogP contribution >= 0.6 is 11.8 Å². The van der Waals surface area contributed by atoms with Crippen LogP contribution in [-0.4, -0.2) is 21.9 Å². The van der Waals surface area contributed by atoms with Gasteiger partial charge in [-0.2, -0.15) is 0 Å². The Kier molecular flexibility index (Phi) is 4.56. The van der Waals surface area contributed by atoms with Crippen LogP contribution in [-0.2, 0) is 4.79 Å². The maximum absolute atomic E-state index is 13.0. The molecule has 7 nitrogen and oxygen atoms in total. The summed E-state index contributed by atoms with van der Waals surface area (Å²) in [7, 11) is 0. The molecule has 1 fully saturated rings. The maximum atomic E-state index is 13.0. The van der Waals surface area contributed by atoms with Gasteiger partial charge in [-0.1, -0.05) is 24.3 Å². The Morgan fingerprint density at radius 1 is 1.06 bits per heavy atom. The lowest BCUT2D eigenvalue weighted by Gasteiger charge is -1.95. The minimum absolute atomic E-state index is 0.138. The predicted octanol–water partition coefficient (Wildman–Crippen LogP) is 4.95. The average Bonchev–Trinajstić information content (AvgIpc) is 3.44. The van der Waals surface area contributed by atoms with E-state index in [0.717, 1.165) is 17.3 Å². The van der Waals surface area contributed by atoms with Crippen LogP contribution in [0.25, 0.3) is 28.5 Å². The summed E-state index contributed by atoms with van der Waals surface area (Å²) in [5.41, 5.74) is 2.20. The molecule has 31 heavy (non-hydrogen) atoms. The number of benzene rings is 2. The average molecular weight is 430 g/mol. The van der Waals surface area contributed by atoms with Gasteiger partial charge in [-0.25, -0.2) is 4.98 Å². The zero-order valence-electron chi connectivity index (χ0n) is 16.2. The molecule has 3 heterocycles. The first-order valence-electron chi connectivity index (χ1n) is 9.34. The number of aromatic nitrogens is 1. The number of thioether (sulfide) groups is 1. The molecule has 152 valence electrons. The molecule has 2 amide bonds. The number of imide groups is 1. The molecule has 4 aromatic rings. The van der Waals surface area contributed by atoms with E-state index in [9.17, 15) is 14.4 Å². The van der Waals surface area contributed by atoms with Crippen molar-refractivity contribution in [3.05, 3.63) is 82.3 Å². The summed E-state index contributed by atoms with van der Waals surface area (Å²) < 4.78 is 11.4. The lowest BCUT2D eigenvalue weighted by Crippen LogP contribution is -2.17. The van der Waals surface area contributed by atoms with Crippen LogP contribution in [0.1, 0.15) is 27.6 Å². The number of oxazole rings is 1. The zero-order valence-corrected chi connectivity index (χ0v) is 17.0. The van der Waals surface area contributed by atoms with Crippen molar-refractivity contribution in [3.63, 3.8) is 0 Å². The Balaban J connectivity index is 1.46. The van der Waals surface area contributed by atoms with Crippen LogP contribution in [0.3, 0.4) is 0 Å². The first-order valence-corrected chi connectivity index (χ1v) is 10.2. The highest BCUT2D eigenvalue weighted by molar-refractivity contribution is 8.18. The van der Waals surface area contributed by atoms with Crippen molar-refractivity contribution in [2.24, 2.45) is 0 Å². The topological polar surface area (TPSA) is 102 Å². The van der Waals surface area contributed by atoms with Gasteiger partial charge < -0.3 is 8.83 Å². The smallest absolute Gasteiger partial charge is 0.290 e. The number of rotatable bonds is 4. The van der Waals surface area contributed by atoms with Crippen molar-refractivity contribution >= 4 is 45.7 Å². The van der Waals surface area contributed by atoms with Crippen molar-refractivity contribution < 1.29 is 23.2 Å². The highest BCUT2D eigenvalue weighted by Gasteiger charge is 2.25. The summed E-state index contributed by atoms with van der Waals surface area (Å²) in [6, 6.07) is 16.2. The number of nitrogens with one attached hydrogen (secondary N) is 1. The minimum Gasteiger partial charge on any atom is -0.453 e. The molecule has 0 saturated carbocycles. The lowest BCUT2D eigenvalue weighted by molar-refractivity contribution is -0.115. The molecule has 1 aliphatic heterocycles. The number of hydrogen-bond acceptors (Lipinski definition) is 7. The van der Waals surface area contributed by atoms with Crippen molar-refractivity contribution in [1.82, 2.24) is 10.3 Å². The number of aryl methyl sites for hydroxylation is 1. The molecule has 0 unspecified atom stereocenters. The molecule has 2 aromatic heterocycles. The summed E-state index contributed by atoms with van der Waals surface area (Å²) in [4.78, 5) is 40.7. The third kappa shape index (κ3) is 3.57. The van der Waals surface area contributed by atoms with E-state index in [1.165, 1.54) is 0 Å². The third-order valence-electron chi connectivity index (χ3n) is 4.74. The Bertz CT molecular complexity index is 1400. The second kappa shape index (κ2) is 7.41. The second-order valence-electron chi connectivity index (χ2n) is 6.88. The number of nitrogens with zero attached hydrogens (tertiary/aromatic N) is 1. The van der Waals surface area contributed by atoms with Crippen LogP contribution in [0.5, 0.6) is 0 Å². The Morgan fingerprint density at radius 3 is 2.61 bits per heavy atom. The van der Waals surface area contributed by atoms with Gasteiger partial charge in [-0.15, -0.1) is 0 Å². The Morgan fingerprint density at radius 2 is 1.87 bits per heavy atom. The van der Waals surface area contributed by atoms with E-state index in [0.29, 0.717) is 33.1 Å². The molecule has 0 bridgehead atoms. The predicted molar refractivity (Wildman–Crippen MR) is 115 cm³/mol. The van der Waals surface area contributed by atoms with E-state index in [1.807, 2.05) is 30.3 Å². The van der Waals surface area contributed by atoms with Gasteiger partial charge in [0.2, 0.25) is 11.7 Å². The van der Waals surface area contributed by atoms with Crippen molar-refractivity contribution in [3.8, 4) is 11.5 Å². The summed E-state index contributed by atoms with van der Waals surface area (Å²) in [5.74, 6) is 0.112. The minimum atomic E-state index is -0.422. The van der Waals surface area contributed by atoms with Crippen molar-refractivity contribution in [2.75, 3.05) is 0 Å². The first-order chi connectivity index (χ1) is 15.0. The summed E-state index contributed by atoms with van der Waals surface area (Å²) in [5, 5.41) is 2.51. The quantitative estimate of drug-likeness (QED) is 0.361. The lowest BCUT2D eigenvalue weighted by atomic mass is 10.1. The molecular formula is C23H14N2O5S. The van der Waals surface area contributed by atoms with Crippen molar-refractivity contribution in [2.45, 2.75) is 6.92 Å². The second-order valence-corrected chi connectivity index (χ2v) is 7.89. The van der Waals surface area contributed by atoms with Gasteiger partial charge in [0, 0.05) is 10.9 Å². The normalized spacial score (nSPS) is 15.1. The largest absolute Gasteiger partial charge is 0.453 e. The molecule has 1 N–H and O–H groups in total. The fourth-order valence-corrected chi connectivity index (χ4v) is 3.95. The molecule has 0 atom stereocenters. The molecule has 8 heteroatoms. The van der Waals surface area contributed by atoms with Crippen LogP contribution in [0, 0.1) is 6.92 Å². The molecule has 1 aliphatic rings. The fraction of sp³-hybridized carbons (Fsp3) is 0.0435. The maximum Gasteiger partial charge on any atom is 0.290 e. The standard InChI is InChI=1S/C23H14N2O5S/c1-12-19(24-22(29-12)14-5-3-2-4-6-14)20(26)17-11-15-9-13(7-8-16(15)30-17)10-18-21(27)25-23(28)31-18/h2-11H,1H3,(H,25,27,28). The molecule has 2 aromatic carbocycles. The van der Waals surface area contributed by atoms with Gasteiger partial charge in [-0.05, 0) is 60.7 Å². The van der Waals surface area contributed by atoms with Crippen molar-refractivity contribution in [1.29, 1.82) is 0 Å². The molecule has 0 radical (unpaired) electrons. The molecule has 0 spiro atoms. The Hall–Kier alpha value is -3.91. The number of furan rings is 1. The Labute approximate surface area is 180 Å². The van der Waals surface area contributed by atoms with Crippen LogP contribution in [0.15, 0.2) is 68.3 Å². The van der Waals surface area contributed by atoms with E-state index in [1.54, 1.807) is 37.3 Å². The molecule has 0 aliphatic carbocycles. The number of hydrogen-bond donors (Lipinski definition) is 1. The van der Waals surface area contributed by atoms with Gasteiger partial charge in [0.25, 0.3) is 11.1 Å². The summed E-state index contributed by atoms with van der Waals surface area (Å²) in [6.07, 6.45) is 1.62. The number of fused-ring (bicyclic) bond motifs is 1. The number of carbonyl (C=O) groups is 3. The van der Waals surface area contributed by atoms with Crippen LogP contribution in [0.2, 0.25) is 0 Å². The number of carbonyl (C=O) groups excluding carboxylic acids is 3. The zero-order chi connectivity index (χ0) is 21.5. The van der Waals surface area contributed by atoms with Gasteiger partial charge in [0.15, 0.2) is 11.5 Å². The monoisotopic (exact) mass is 430 g/mol. The van der Waals surface area contributed by atoms with Crippen LogP contribution < -0.4 is 5.32 Å². The van der Waals surface area contributed by atoms with Gasteiger partial charge in [0.05, 0.1) is 4.91 Å².